The van der Waals surface area contributed by atoms with E-state index in [-0.39, 0.29) is 12.1 Å². The highest BCUT2D eigenvalue weighted by atomic mass is 16.2. The van der Waals surface area contributed by atoms with Crippen molar-refractivity contribution in [3.8, 4) is 0 Å². The van der Waals surface area contributed by atoms with Crippen molar-refractivity contribution in [2.75, 3.05) is 18.5 Å². The predicted molar refractivity (Wildman–Crippen MR) is 73.5 cm³/mol. The number of carbonyl (C=O) groups excluding carboxylic acids is 1. The molecule has 4 nitrogen and oxygen atoms in total. The van der Waals surface area contributed by atoms with E-state index in [2.05, 4.69) is 13.8 Å². The summed E-state index contributed by atoms with van der Waals surface area (Å²) in [5, 5.41) is 0. The third-order valence-corrected chi connectivity index (χ3v) is 3.63. The van der Waals surface area contributed by atoms with E-state index in [1.165, 1.54) is 0 Å². The largest absolute Gasteiger partial charge is 0.326 e. The number of benzene rings is 1. The van der Waals surface area contributed by atoms with Crippen molar-refractivity contribution in [2.45, 2.75) is 26.4 Å². The maximum Gasteiger partial charge on any atom is 0.324 e. The molecule has 0 saturated carbocycles. The first-order valence-corrected chi connectivity index (χ1v) is 6.38. The van der Waals surface area contributed by atoms with E-state index >= 15 is 0 Å². The molecule has 4 heteroatoms. The molecule has 0 aliphatic carbocycles. The molecule has 1 saturated heterocycles. The minimum Gasteiger partial charge on any atom is -0.326 e. The molecule has 2 amide bonds. The smallest absolute Gasteiger partial charge is 0.324 e. The Hall–Kier alpha value is -1.55. The Balaban J connectivity index is 2.26. The Morgan fingerprint density at radius 3 is 2.72 bits per heavy atom. The summed E-state index contributed by atoms with van der Waals surface area (Å²) < 4.78 is 0. The number of anilines is 1. The Labute approximate surface area is 108 Å². The zero-order valence-electron chi connectivity index (χ0n) is 11.3. The molecule has 1 aromatic rings. The average Bonchev–Trinajstić information content (AvgIpc) is 2.67. The number of carbonyl (C=O) groups is 1. The van der Waals surface area contributed by atoms with Gasteiger partial charge in [-0.25, -0.2) is 4.79 Å². The highest BCUT2D eigenvalue weighted by Crippen LogP contribution is 2.26. The Bertz CT molecular complexity index is 444. The predicted octanol–water partition coefficient (Wildman–Crippen LogP) is 2.04. The van der Waals surface area contributed by atoms with Gasteiger partial charge in [-0.3, -0.25) is 4.90 Å². The number of urea groups is 1. The number of nitrogens with zero attached hydrogens (tertiary/aromatic N) is 2. The standard InChI is InChI=1S/C14H21N3O/c1-10(2)13-9-17(14(18)16(13)3)12-6-4-5-11(7-12)8-15/h4-7,10,13H,8-9,15H2,1-3H3. The molecule has 1 atom stereocenters. The topological polar surface area (TPSA) is 49.6 Å². The molecule has 18 heavy (non-hydrogen) atoms. The van der Waals surface area contributed by atoms with Crippen molar-refractivity contribution < 1.29 is 4.79 Å². The van der Waals surface area contributed by atoms with Gasteiger partial charge in [0, 0.05) is 25.8 Å². The molecule has 1 aliphatic rings. The van der Waals surface area contributed by atoms with Crippen LogP contribution in [0.15, 0.2) is 24.3 Å². The van der Waals surface area contributed by atoms with Crippen LogP contribution in [-0.2, 0) is 6.54 Å². The Morgan fingerprint density at radius 1 is 1.44 bits per heavy atom. The molecule has 0 bridgehead atoms. The molecule has 1 fully saturated rings. The summed E-state index contributed by atoms with van der Waals surface area (Å²) in [6, 6.07) is 8.24. The van der Waals surface area contributed by atoms with Gasteiger partial charge >= 0.3 is 6.03 Å². The summed E-state index contributed by atoms with van der Waals surface area (Å²) in [5.41, 5.74) is 7.64. The van der Waals surface area contributed by atoms with Gasteiger partial charge in [-0.15, -0.1) is 0 Å². The number of likely N-dealkylation sites (N-methyl/N-ethyl adjacent to an activating group) is 1. The molecule has 1 unspecified atom stereocenters. The van der Waals surface area contributed by atoms with E-state index in [9.17, 15) is 4.79 Å². The lowest BCUT2D eigenvalue weighted by molar-refractivity contribution is 0.208. The minimum absolute atomic E-state index is 0.0721. The van der Waals surface area contributed by atoms with E-state index in [4.69, 9.17) is 5.73 Å². The van der Waals surface area contributed by atoms with Gasteiger partial charge in [0.1, 0.15) is 0 Å². The van der Waals surface area contributed by atoms with Gasteiger partial charge in [0.15, 0.2) is 0 Å². The fourth-order valence-electron chi connectivity index (χ4n) is 2.45. The first-order valence-electron chi connectivity index (χ1n) is 6.38. The molecular weight excluding hydrogens is 226 g/mol. The van der Waals surface area contributed by atoms with Gasteiger partial charge in [0.25, 0.3) is 0 Å². The van der Waals surface area contributed by atoms with Crippen LogP contribution < -0.4 is 10.6 Å². The van der Waals surface area contributed by atoms with Crippen LogP contribution in [0.4, 0.5) is 10.5 Å². The third kappa shape index (κ3) is 2.20. The minimum atomic E-state index is 0.0721. The van der Waals surface area contributed by atoms with Crippen molar-refractivity contribution >= 4 is 11.7 Å². The Kier molecular flexibility index (Phi) is 3.57. The third-order valence-electron chi connectivity index (χ3n) is 3.63. The zero-order chi connectivity index (χ0) is 13.3. The second-order valence-corrected chi connectivity index (χ2v) is 5.19. The lowest BCUT2D eigenvalue weighted by Gasteiger charge is -2.20. The van der Waals surface area contributed by atoms with Crippen molar-refractivity contribution in [3.63, 3.8) is 0 Å². The number of nitrogens with two attached hydrogens (primary N) is 1. The van der Waals surface area contributed by atoms with Gasteiger partial charge in [0.05, 0.1) is 6.04 Å². The van der Waals surface area contributed by atoms with Crippen LogP contribution in [0, 0.1) is 5.92 Å². The molecular formula is C14H21N3O. The molecule has 0 aromatic heterocycles. The first-order chi connectivity index (χ1) is 8.54. The van der Waals surface area contributed by atoms with E-state index in [0.717, 1.165) is 17.8 Å². The molecule has 2 N–H and O–H groups in total. The van der Waals surface area contributed by atoms with Crippen molar-refractivity contribution in [2.24, 2.45) is 11.7 Å². The van der Waals surface area contributed by atoms with Crippen LogP contribution in [0.25, 0.3) is 0 Å². The normalized spacial score (nSPS) is 20.1. The highest BCUT2D eigenvalue weighted by molar-refractivity contribution is 5.94. The van der Waals surface area contributed by atoms with Crippen LogP contribution in [0.3, 0.4) is 0 Å². The lowest BCUT2D eigenvalue weighted by atomic mass is 10.0. The van der Waals surface area contributed by atoms with Gasteiger partial charge in [-0.1, -0.05) is 26.0 Å². The maximum atomic E-state index is 12.2. The van der Waals surface area contributed by atoms with Gasteiger partial charge < -0.3 is 10.6 Å². The molecule has 1 aliphatic heterocycles. The van der Waals surface area contributed by atoms with Crippen molar-refractivity contribution in [1.29, 1.82) is 0 Å². The lowest BCUT2D eigenvalue weighted by Crippen LogP contribution is -2.33. The second kappa shape index (κ2) is 4.98. The zero-order valence-corrected chi connectivity index (χ0v) is 11.3. The highest BCUT2D eigenvalue weighted by Gasteiger charge is 2.36. The van der Waals surface area contributed by atoms with Crippen LogP contribution in [0.2, 0.25) is 0 Å². The van der Waals surface area contributed by atoms with Crippen LogP contribution >= 0.6 is 0 Å². The molecule has 0 spiro atoms. The summed E-state index contributed by atoms with van der Waals surface area (Å²) in [5.74, 6) is 0.460. The first kappa shape index (κ1) is 12.9. The monoisotopic (exact) mass is 247 g/mol. The van der Waals surface area contributed by atoms with Crippen LogP contribution in [0.5, 0.6) is 0 Å². The van der Waals surface area contributed by atoms with E-state index in [1.54, 1.807) is 0 Å². The van der Waals surface area contributed by atoms with E-state index in [1.807, 2.05) is 41.1 Å². The summed E-state index contributed by atoms with van der Waals surface area (Å²) in [6.45, 7) is 5.54. The molecule has 98 valence electrons. The maximum absolute atomic E-state index is 12.2. The van der Waals surface area contributed by atoms with Crippen LogP contribution in [0.1, 0.15) is 19.4 Å². The van der Waals surface area contributed by atoms with Gasteiger partial charge in [-0.05, 0) is 23.6 Å². The second-order valence-electron chi connectivity index (χ2n) is 5.19. The summed E-state index contributed by atoms with van der Waals surface area (Å²) in [7, 11) is 1.87. The van der Waals surface area contributed by atoms with Crippen molar-refractivity contribution in [3.05, 3.63) is 29.8 Å². The van der Waals surface area contributed by atoms with Crippen LogP contribution in [-0.4, -0.2) is 30.6 Å². The number of amides is 2. The molecule has 1 heterocycles. The average molecular weight is 247 g/mol. The SMILES string of the molecule is CC(C)C1CN(c2cccc(CN)c2)C(=O)N1C. The summed E-state index contributed by atoms with van der Waals surface area (Å²) in [6.07, 6.45) is 0. The van der Waals surface area contributed by atoms with E-state index < -0.39 is 0 Å². The van der Waals surface area contributed by atoms with Gasteiger partial charge in [0.2, 0.25) is 0 Å². The summed E-state index contributed by atoms with van der Waals surface area (Å²) in [4.78, 5) is 15.9. The number of hydrogen-bond acceptors (Lipinski definition) is 2. The molecule has 2 rings (SSSR count). The molecule has 0 radical (unpaired) electrons. The fourth-order valence-corrected chi connectivity index (χ4v) is 2.45. The van der Waals surface area contributed by atoms with E-state index in [0.29, 0.717) is 12.5 Å². The fraction of sp³-hybridized carbons (Fsp3) is 0.500. The number of rotatable bonds is 3. The number of hydrogen-bond donors (Lipinski definition) is 1. The summed E-state index contributed by atoms with van der Waals surface area (Å²) >= 11 is 0. The quantitative estimate of drug-likeness (QED) is 0.888. The Morgan fingerprint density at radius 2 is 2.17 bits per heavy atom. The van der Waals surface area contributed by atoms with Crippen molar-refractivity contribution in [1.82, 2.24) is 4.90 Å². The van der Waals surface area contributed by atoms with Gasteiger partial charge in [-0.2, -0.15) is 0 Å². The molecule has 1 aromatic carbocycles.